The van der Waals surface area contributed by atoms with E-state index in [1.54, 1.807) is 10.9 Å². The van der Waals surface area contributed by atoms with Gasteiger partial charge in [-0.1, -0.05) is 12.1 Å². The highest BCUT2D eigenvalue weighted by Gasteiger charge is 2.11. The van der Waals surface area contributed by atoms with Crippen molar-refractivity contribution in [2.75, 3.05) is 24.3 Å². The summed E-state index contributed by atoms with van der Waals surface area (Å²) >= 11 is 3.40. The molecule has 1 N–H and O–H groups in total. The predicted molar refractivity (Wildman–Crippen MR) is 115 cm³/mol. The second-order valence-electron chi connectivity index (χ2n) is 6.54. The largest absolute Gasteiger partial charge is 0.378 e. The standard InChI is InChI=1S/C21H18BrN5O/c1-26(2)15-8-10-16(11-9-15)27-24-19-12-7-14(13-20(19)25-27)23-21(28)17-5-3-4-6-18(17)22/h3-13H,1-2H3,(H,23,28). The number of hydrogen-bond donors (Lipinski definition) is 1. The lowest BCUT2D eigenvalue weighted by Crippen LogP contribution is -2.12. The molecule has 3 aromatic carbocycles. The van der Waals surface area contributed by atoms with Gasteiger partial charge in [0, 0.05) is 29.9 Å². The van der Waals surface area contributed by atoms with Gasteiger partial charge in [0.15, 0.2) is 0 Å². The van der Waals surface area contributed by atoms with E-state index in [4.69, 9.17) is 0 Å². The van der Waals surface area contributed by atoms with Gasteiger partial charge in [-0.05, 0) is 70.5 Å². The molecule has 0 aliphatic rings. The van der Waals surface area contributed by atoms with Gasteiger partial charge in [-0.2, -0.15) is 4.80 Å². The Kier molecular flexibility index (Phi) is 4.83. The highest BCUT2D eigenvalue weighted by atomic mass is 79.9. The minimum Gasteiger partial charge on any atom is -0.378 e. The average Bonchev–Trinajstić information content (AvgIpc) is 3.11. The normalized spacial score (nSPS) is 10.8. The fourth-order valence-corrected chi connectivity index (χ4v) is 3.30. The Morgan fingerprint density at radius 1 is 0.964 bits per heavy atom. The first-order valence-corrected chi connectivity index (χ1v) is 9.51. The molecule has 7 heteroatoms. The summed E-state index contributed by atoms with van der Waals surface area (Å²) in [5.74, 6) is -0.182. The molecule has 1 heterocycles. The summed E-state index contributed by atoms with van der Waals surface area (Å²) in [5, 5.41) is 12.0. The van der Waals surface area contributed by atoms with Crippen LogP contribution < -0.4 is 10.2 Å². The van der Waals surface area contributed by atoms with E-state index in [0.29, 0.717) is 16.8 Å². The molecule has 4 rings (SSSR count). The molecule has 0 atom stereocenters. The van der Waals surface area contributed by atoms with Crippen LogP contribution in [-0.2, 0) is 0 Å². The van der Waals surface area contributed by atoms with Gasteiger partial charge in [-0.25, -0.2) is 0 Å². The first-order chi connectivity index (χ1) is 13.5. The molecule has 6 nitrogen and oxygen atoms in total. The van der Waals surface area contributed by atoms with Crippen molar-refractivity contribution in [3.05, 3.63) is 76.8 Å². The van der Waals surface area contributed by atoms with Crippen molar-refractivity contribution in [3.8, 4) is 5.69 Å². The summed E-state index contributed by atoms with van der Waals surface area (Å²) in [7, 11) is 4.00. The van der Waals surface area contributed by atoms with Gasteiger partial charge in [0.25, 0.3) is 5.91 Å². The van der Waals surface area contributed by atoms with Gasteiger partial charge in [-0.15, -0.1) is 10.2 Å². The first-order valence-electron chi connectivity index (χ1n) is 8.72. The molecule has 140 valence electrons. The van der Waals surface area contributed by atoms with Crippen molar-refractivity contribution < 1.29 is 4.79 Å². The number of rotatable bonds is 4. The smallest absolute Gasteiger partial charge is 0.256 e. The van der Waals surface area contributed by atoms with E-state index in [1.807, 2.05) is 79.7 Å². The maximum absolute atomic E-state index is 12.5. The van der Waals surface area contributed by atoms with Gasteiger partial charge in [0.05, 0.1) is 11.3 Å². The van der Waals surface area contributed by atoms with Crippen molar-refractivity contribution in [1.82, 2.24) is 15.0 Å². The minimum atomic E-state index is -0.182. The summed E-state index contributed by atoms with van der Waals surface area (Å²) < 4.78 is 0.751. The SMILES string of the molecule is CN(C)c1ccc(-n2nc3ccc(NC(=O)c4ccccc4Br)cc3n2)cc1. The topological polar surface area (TPSA) is 63.1 Å². The molecule has 1 aromatic heterocycles. The quantitative estimate of drug-likeness (QED) is 0.512. The second-order valence-corrected chi connectivity index (χ2v) is 7.39. The molecule has 0 unspecified atom stereocenters. The van der Waals surface area contributed by atoms with E-state index in [2.05, 4.69) is 31.4 Å². The fraction of sp³-hybridized carbons (Fsp3) is 0.0952. The number of nitrogens with zero attached hydrogens (tertiary/aromatic N) is 4. The maximum atomic E-state index is 12.5. The number of halogens is 1. The highest BCUT2D eigenvalue weighted by Crippen LogP contribution is 2.21. The number of hydrogen-bond acceptors (Lipinski definition) is 4. The monoisotopic (exact) mass is 435 g/mol. The Hall–Kier alpha value is -3.19. The summed E-state index contributed by atoms with van der Waals surface area (Å²) in [4.78, 5) is 16.1. The number of anilines is 2. The van der Waals surface area contributed by atoms with E-state index < -0.39 is 0 Å². The molecule has 0 saturated heterocycles. The van der Waals surface area contributed by atoms with Crippen LogP contribution in [0.2, 0.25) is 0 Å². The number of aromatic nitrogens is 3. The highest BCUT2D eigenvalue weighted by molar-refractivity contribution is 9.10. The van der Waals surface area contributed by atoms with Crippen molar-refractivity contribution >= 4 is 44.2 Å². The molecule has 4 aromatic rings. The second kappa shape index (κ2) is 7.44. The van der Waals surface area contributed by atoms with Crippen LogP contribution in [-0.4, -0.2) is 35.0 Å². The molecule has 0 radical (unpaired) electrons. The van der Waals surface area contributed by atoms with E-state index in [-0.39, 0.29) is 5.91 Å². The van der Waals surface area contributed by atoms with E-state index in [1.165, 1.54) is 0 Å². The van der Waals surface area contributed by atoms with Crippen LogP contribution in [0, 0.1) is 0 Å². The number of carbonyl (C=O) groups excluding carboxylic acids is 1. The van der Waals surface area contributed by atoms with Crippen molar-refractivity contribution in [2.24, 2.45) is 0 Å². The Labute approximate surface area is 170 Å². The third kappa shape index (κ3) is 3.61. The molecule has 0 spiro atoms. The van der Waals surface area contributed by atoms with E-state index in [0.717, 1.165) is 21.4 Å². The molecule has 1 amide bonds. The zero-order valence-corrected chi connectivity index (χ0v) is 17.0. The summed E-state index contributed by atoms with van der Waals surface area (Å²) in [5.41, 5.74) is 4.70. The Balaban J connectivity index is 1.60. The zero-order chi connectivity index (χ0) is 19.7. The van der Waals surface area contributed by atoms with Crippen LogP contribution in [0.4, 0.5) is 11.4 Å². The summed E-state index contributed by atoms with van der Waals surface area (Å²) in [6.07, 6.45) is 0. The average molecular weight is 436 g/mol. The van der Waals surface area contributed by atoms with Crippen molar-refractivity contribution in [2.45, 2.75) is 0 Å². The third-order valence-corrected chi connectivity index (χ3v) is 5.05. The molecule has 28 heavy (non-hydrogen) atoms. The molecule has 0 aliphatic heterocycles. The molecular weight excluding hydrogens is 418 g/mol. The Bertz CT molecular complexity index is 1150. The molecule has 0 aliphatic carbocycles. The number of amides is 1. The van der Waals surface area contributed by atoms with E-state index >= 15 is 0 Å². The Morgan fingerprint density at radius 2 is 1.68 bits per heavy atom. The lowest BCUT2D eigenvalue weighted by molar-refractivity contribution is 0.102. The van der Waals surface area contributed by atoms with Crippen molar-refractivity contribution in [3.63, 3.8) is 0 Å². The van der Waals surface area contributed by atoms with Gasteiger partial charge in [0.2, 0.25) is 0 Å². The predicted octanol–water partition coefficient (Wildman–Crippen LogP) is 4.50. The van der Waals surface area contributed by atoms with E-state index in [9.17, 15) is 4.79 Å². The first kappa shape index (κ1) is 18.2. The molecular formula is C21H18BrN5O. The molecule has 0 fully saturated rings. The van der Waals surface area contributed by atoms with Crippen LogP contribution in [0.3, 0.4) is 0 Å². The number of carbonyl (C=O) groups is 1. The van der Waals surface area contributed by atoms with Crippen LogP contribution in [0.25, 0.3) is 16.7 Å². The maximum Gasteiger partial charge on any atom is 0.256 e. The van der Waals surface area contributed by atoms with Crippen LogP contribution in [0.5, 0.6) is 0 Å². The summed E-state index contributed by atoms with van der Waals surface area (Å²) in [6.45, 7) is 0. The fourth-order valence-electron chi connectivity index (χ4n) is 2.84. The van der Waals surface area contributed by atoms with Crippen LogP contribution in [0.15, 0.2) is 71.2 Å². The zero-order valence-electron chi connectivity index (χ0n) is 15.4. The van der Waals surface area contributed by atoms with Crippen LogP contribution >= 0.6 is 15.9 Å². The molecule has 0 bridgehead atoms. The summed E-state index contributed by atoms with van der Waals surface area (Å²) in [6, 6.07) is 20.8. The third-order valence-electron chi connectivity index (χ3n) is 4.35. The minimum absolute atomic E-state index is 0.182. The number of nitrogens with one attached hydrogen (secondary N) is 1. The van der Waals surface area contributed by atoms with Gasteiger partial charge in [0.1, 0.15) is 11.0 Å². The lowest BCUT2D eigenvalue weighted by Gasteiger charge is -2.12. The van der Waals surface area contributed by atoms with Crippen molar-refractivity contribution in [1.29, 1.82) is 0 Å². The number of fused-ring (bicyclic) bond motifs is 1. The molecule has 0 saturated carbocycles. The van der Waals surface area contributed by atoms with Gasteiger partial charge >= 0.3 is 0 Å². The Morgan fingerprint density at radius 3 is 2.39 bits per heavy atom. The van der Waals surface area contributed by atoms with Gasteiger partial charge < -0.3 is 10.2 Å². The lowest BCUT2D eigenvalue weighted by atomic mass is 10.2. The van der Waals surface area contributed by atoms with Crippen LogP contribution in [0.1, 0.15) is 10.4 Å². The van der Waals surface area contributed by atoms with Gasteiger partial charge in [-0.3, -0.25) is 4.79 Å². The number of benzene rings is 3.